The number of carbonyl (C=O) groups is 5. The highest BCUT2D eigenvalue weighted by molar-refractivity contribution is 5.95. The van der Waals surface area contributed by atoms with E-state index in [4.69, 9.17) is 22.9 Å². The smallest absolute Gasteiger partial charge is 0.326 e. The maximum absolute atomic E-state index is 12.9. The van der Waals surface area contributed by atoms with Crippen LogP contribution in [-0.4, -0.2) is 71.4 Å². The van der Waals surface area contributed by atoms with Gasteiger partial charge in [-0.25, -0.2) is 4.79 Å². The van der Waals surface area contributed by atoms with Crippen LogP contribution in [0.15, 0.2) is 35.3 Å². The van der Waals surface area contributed by atoms with Gasteiger partial charge in [0.15, 0.2) is 5.96 Å². The molecule has 14 heteroatoms. The fourth-order valence-corrected chi connectivity index (χ4v) is 3.08. The number of guanidine groups is 1. The number of benzene rings is 1. The van der Waals surface area contributed by atoms with Crippen LogP contribution in [0.5, 0.6) is 0 Å². The molecule has 4 atom stereocenters. The van der Waals surface area contributed by atoms with E-state index in [9.17, 15) is 29.1 Å². The summed E-state index contributed by atoms with van der Waals surface area (Å²) in [5, 5.41) is 16.7. The number of carboxylic acid groups (broad SMARTS) is 1. The zero-order valence-corrected chi connectivity index (χ0v) is 20.0. The second kappa shape index (κ2) is 14.9. The topological polar surface area (TPSA) is 258 Å². The van der Waals surface area contributed by atoms with Crippen molar-refractivity contribution in [2.75, 3.05) is 6.54 Å². The van der Waals surface area contributed by atoms with Crippen LogP contribution in [0.4, 0.5) is 0 Å². The van der Waals surface area contributed by atoms with Crippen molar-refractivity contribution >= 4 is 35.6 Å². The van der Waals surface area contributed by atoms with Gasteiger partial charge in [-0.3, -0.25) is 24.2 Å². The third kappa shape index (κ3) is 11.3. The van der Waals surface area contributed by atoms with Crippen molar-refractivity contribution in [3.63, 3.8) is 0 Å². The second-order valence-electron chi connectivity index (χ2n) is 8.11. The quantitative estimate of drug-likeness (QED) is 0.0685. The first-order valence-electron chi connectivity index (χ1n) is 11.2. The molecule has 1 aromatic carbocycles. The van der Waals surface area contributed by atoms with Crippen molar-refractivity contribution < 1.29 is 29.1 Å². The van der Waals surface area contributed by atoms with E-state index in [0.29, 0.717) is 12.0 Å². The van der Waals surface area contributed by atoms with Crippen LogP contribution in [0.25, 0.3) is 0 Å². The average molecular weight is 507 g/mol. The summed E-state index contributed by atoms with van der Waals surface area (Å²) >= 11 is 0. The van der Waals surface area contributed by atoms with Crippen LogP contribution in [0, 0.1) is 0 Å². The molecule has 12 N–H and O–H groups in total. The van der Waals surface area contributed by atoms with Crippen molar-refractivity contribution in [1.82, 2.24) is 16.0 Å². The van der Waals surface area contributed by atoms with Gasteiger partial charge < -0.3 is 44.0 Å². The minimum atomic E-state index is -1.26. The van der Waals surface area contributed by atoms with Crippen LogP contribution in [0.2, 0.25) is 0 Å². The van der Waals surface area contributed by atoms with Crippen LogP contribution < -0.4 is 38.9 Å². The summed E-state index contributed by atoms with van der Waals surface area (Å²) in [6, 6.07) is 4.01. The van der Waals surface area contributed by atoms with E-state index in [-0.39, 0.29) is 25.3 Å². The Bertz CT molecular complexity index is 951. The van der Waals surface area contributed by atoms with Crippen molar-refractivity contribution in [2.45, 2.75) is 56.8 Å². The van der Waals surface area contributed by atoms with Gasteiger partial charge in [-0.05, 0) is 25.3 Å². The lowest BCUT2D eigenvalue weighted by molar-refractivity contribution is -0.142. The summed E-state index contributed by atoms with van der Waals surface area (Å²) in [5.74, 6) is -4.39. The Balaban J connectivity index is 2.85. The molecule has 0 fully saturated rings. The number of nitrogens with one attached hydrogen (secondary N) is 3. The largest absolute Gasteiger partial charge is 0.480 e. The molecule has 0 aromatic heterocycles. The number of rotatable bonds is 15. The van der Waals surface area contributed by atoms with Gasteiger partial charge in [0.25, 0.3) is 0 Å². The molecule has 1 aromatic rings. The number of aliphatic imine (C=N–C) groups is 1. The molecule has 1 rings (SSSR count). The fraction of sp³-hybridized carbons (Fsp3) is 0.455. The predicted octanol–water partition coefficient (Wildman–Crippen LogP) is -2.96. The Kier molecular flexibility index (Phi) is 12.4. The number of hydrogen-bond acceptors (Lipinski definition) is 7. The maximum Gasteiger partial charge on any atom is 0.326 e. The van der Waals surface area contributed by atoms with Gasteiger partial charge in [-0.1, -0.05) is 30.3 Å². The van der Waals surface area contributed by atoms with Gasteiger partial charge in [0, 0.05) is 13.0 Å². The Hall–Kier alpha value is -4.20. The molecule has 0 bridgehead atoms. The van der Waals surface area contributed by atoms with Gasteiger partial charge in [-0.2, -0.15) is 0 Å². The van der Waals surface area contributed by atoms with E-state index >= 15 is 0 Å². The standard InChI is InChI=1S/C22H34N8O6/c1-12(18(32)29-15(21(35)36)8-5-9-27-22(25)26)28-20(34)16(10-13-6-3-2-4-7-13)30-19(33)14(23)11-17(24)31/h2-4,6-7,12,14-16H,5,8-11,23H2,1H3,(H2,24,31)(H,28,34)(H,29,32)(H,30,33)(H,35,36)(H4,25,26,27). The average Bonchev–Trinajstić information content (AvgIpc) is 2.80. The van der Waals surface area contributed by atoms with E-state index in [1.807, 2.05) is 0 Å². The molecular formula is C22H34N8O6. The minimum Gasteiger partial charge on any atom is -0.480 e. The van der Waals surface area contributed by atoms with Crippen LogP contribution in [0.1, 0.15) is 31.7 Å². The summed E-state index contributed by atoms with van der Waals surface area (Å²) in [6.07, 6.45) is 0.0122. The molecule has 0 spiro atoms. The van der Waals surface area contributed by atoms with E-state index in [1.165, 1.54) is 6.92 Å². The number of hydrogen-bond donors (Lipinski definition) is 8. The number of nitrogens with zero attached hydrogens (tertiary/aromatic N) is 1. The molecule has 4 amide bonds. The Morgan fingerprint density at radius 2 is 1.53 bits per heavy atom. The lowest BCUT2D eigenvalue weighted by atomic mass is 10.0. The Labute approximate surface area is 208 Å². The highest BCUT2D eigenvalue weighted by atomic mass is 16.4. The number of carbonyl (C=O) groups excluding carboxylic acids is 4. The lowest BCUT2D eigenvalue weighted by Gasteiger charge is -2.23. The van der Waals surface area contributed by atoms with Gasteiger partial charge in [-0.15, -0.1) is 0 Å². The van der Waals surface area contributed by atoms with Gasteiger partial charge in [0.1, 0.15) is 18.1 Å². The third-order valence-corrected chi connectivity index (χ3v) is 4.99. The number of nitrogens with two attached hydrogens (primary N) is 4. The molecule has 0 aliphatic carbocycles. The molecule has 4 unspecified atom stereocenters. The zero-order valence-electron chi connectivity index (χ0n) is 20.0. The highest BCUT2D eigenvalue weighted by Gasteiger charge is 2.28. The molecule has 0 saturated heterocycles. The summed E-state index contributed by atoms with van der Waals surface area (Å²) in [5.41, 5.74) is 21.9. The summed E-state index contributed by atoms with van der Waals surface area (Å²) < 4.78 is 0. The van der Waals surface area contributed by atoms with E-state index < -0.39 is 60.2 Å². The monoisotopic (exact) mass is 506 g/mol. The van der Waals surface area contributed by atoms with Crippen molar-refractivity contribution in [1.29, 1.82) is 0 Å². The molecule has 0 aliphatic heterocycles. The molecule has 0 aliphatic rings. The summed E-state index contributed by atoms with van der Waals surface area (Å²) in [4.78, 5) is 64.2. The third-order valence-electron chi connectivity index (χ3n) is 4.99. The Morgan fingerprint density at radius 3 is 2.08 bits per heavy atom. The summed E-state index contributed by atoms with van der Waals surface area (Å²) in [6.45, 7) is 1.55. The first-order valence-corrected chi connectivity index (χ1v) is 11.2. The number of carboxylic acids is 1. The molecular weight excluding hydrogens is 472 g/mol. The van der Waals surface area contributed by atoms with E-state index in [2.05, 4.69) is 20.9 Å². The molecule has 0 saturated carbocycles. The normalized spacial score (nSPS) is 13.8. The van der Waals surface area contributed by atoms with E-state index in [0.717, 1.165) is 0 Å². The number of amides is 4. The first-order chi connectivity index (χ1) is 16.9. The first kappa shape index (κ1) is 29.8. The SMILES string of the molecule is CC(NC(=O)C(Cc1ccccc1)NC(=O)C(N)CC(N)=O)C(=O)NC(CCCN=C(N)N)C(=O)O. The summed E-state index contributed by atoms with van der Waals surface area (Å²) in [7, 11) is 0. The number of primary amides is 1. The van der Waals surface area contributed by atoms with Crippen molar-refractivity contribution in [3.05, 3.63) is 35.9 Å². The molecule has 0 radical (unpaired) electrons. The van der Waals surface area contributed by atoms with Gasteiger partial charge in [0.2, 0.25) is 23.6 Å². The van der Waals surface area contributed by atoms with E-state index in [1.54, 1.807) is 30.3 Å². The van der Waals surface area contributed by atoms with Crippen molar-refractivity contribution in [3.8, 4) is 0 Å². The van der Waals surface area contributed by atoms with Crippen LogP contribution in [-0.2, 0) is 30.4 Å². The minimum absolute atomic E-state index is 0.0585. The molecule has 0 heterocycles. The molecule has 36 heavy (non-hydrogen) atoms. The molecule has 14 nitrogen and oxygen atoms in total. The lowest BCUT2D eigenvalue weighted by Crippen LogP contribution is -2.57. The van der Waals surface area contributed by atoms with Crippen LogP contribution in [0.3, 0.4) is 0 Å². The van der Waals surface area contributed by atoms with Crippen LogP contribution >= 0.6 is 0 Å². The maximum atomic E-state index is 12.9. The fourth-order valence-electron chi connectivity index (χ4n) is 3.08. The van der Waals surface area contributed by atoms with Crippen molar-refractivity contribution in [2.24, 2.45) is 27.9 Å². The highest BCUT2D eigenvalue weighted by Crippen LogP contribution is 2.05. The predicted molar refractivity (Wildman–Crippen MR) is 131 cm³/mol. The molecule has 198 valence electrons. The van der Waals surface area contributed by atoms with Gasteiger partial charge >= 0.3 is 5.97 Å². The van der Waals surface area contributed by atoms with Gasteiger partial charge in [0.05, 0.1) is 12.5 Å². The number of aliphatic carboxylic acids is 1. The zero-order chi connectivity index (χ0) is 27.3. The second-order valence-corrected chi connectivity index (χ2v) is 8.11. The Morgan fingerprint density at radius 1 is 0.917 bits per heavy atom.